The Bertz CT molecular complexity index is 1250. The number of hydrogen-bond acceptors (Lipinski definition) is 8. The van der Waals surface area contributed by atoms with Crippen LogP contribution in [0.25, 0.3) is 11.3 Å². The number of aromatic nitrogens is 1. The Morgan fingerprint density at radius 1 is 1.11 bits per heavy atom. The molecule has 9 heteroatoms. The van der Waals surface area contributed by atoms with Crippen LogP contribution in [0.2, 0.25) is 0 Å². The fraction of sp³-hybridized carbons (Fsp3) is 0.269. The van der Waals surface area contributed by atoms with E-state index in [9.17, 15) is 14.7 Å². The number of para-hydroxylation sites is 1. The van der Waals surface area contributed by atoms with Crippen molar-refractivity contribution in [2.24, 2.45) is 0 Å². The second kappa shape index (κ2) is 9.73. The van der Waals surface area contributed by atoms with Crippen molar-refractivity contribution in [2.75, 3.05) is 25.9 Å². The quantitative estimate of drug-likeness (QED) is 0.455. The molecule has 4 rings (SSSR count). The highest BCUT2D eigenvalue weighted by atomic mass is 16.7. The molecule has 1 atom stereocenters. The van der Waals surface area contributed by atoms with Crippen molar-refractivity contribution in [2.45, 2.75) is 25.5 Å². The molecule has 1 amide bonds. The van der Waals surface area contributed by atoms with Crippen molar-refractivity contribution in [3.8, 4) is 17.0 Å². The van der Waals surface area contributed by atoms with Crippen LogP contribution in [0.15, 0.2) is 76.7 Å². The summed E-state index contributed by atoms with van der Waals surface area (Å²) in [5.74, 6) is -1.43. The van der Waals surface area contributed by atoms with E-state index in [1.807, 2.05) is 0 Å². The van der Waals surface area contributed by atoms with Crippen LogP contribution in [0.3, 0.4) is 0 Å². The number of rotatable bonds is 9. The number of carbonyl (C=O) groups is 2. The fourth-order valence-electron chi connectivity index (χ4n) is 4.04. The molecular formula is C26H26N2O7. The van der Waals surface area contributed by atoms with Crippen LogP contribution < -0.4 is 9.64 Å². The molecular weight excluding hydrogens is 452 g/mol. The van der Waals surface area contributed by atoms with E-state index in [-0.39, 0.29) is 12.4 Å². The Kier molecular flexibility index (Phi) is 6.72. The zero-order valence-corrected chi connectivity index (χ0v) is 19.8. The Balaban J connectivity index is 1.82. The molecule has 1 N–H and O–H groups in total. The van der Waals surface area contributed by atoms with Crippen molar-refractivity contribution in [3.63, 3.8) is 0 Å². The van der Waals surface area contributed by atoms with Gasteiger partial charge in [-0.15, -0.1) is 0 Å². The van der Waals surface area contributed by atoms with Gasteiger partial charge < -0.3 is 23.8 Å². The van der Waals surface area contributed by atoms with Crippen molar-refractivity contribution >= 4 is 17.4 Å². The number of aliphatic hydroxyl groups is 1. The van der Waals surface area contributed by atoms with Gasteiger partial charge in [0, 0.05) is 30.0 Å². The van der Waals surface area contributed by atoms with Crippen LogP contribution in [0.4, 0.5) is 5.69 Å². The molecule has 1 unspecified atom stereocenters. The molecule has 0 aliphatic carbocycles. The van der Waals surface area contributed by atoms with Gasteiger partial charge in [0.15, 0.2) is 11.5 Å². The second-order valence-electron chi connectivity index (χ2n) is 8.40. The van der Waals surface area contributed by atoms with Crippen molar-refractivity contribution in [1.82, 2.24) is 5.16 Å². The van der Waals surface area contributed by atoms with Gasteiger partial charge in [-0.25, -0.2) is 0 Å². The molecule has 9 nitrogen and oxygen atoms in total. The molecule has 0 saturated carbocycles. The number of amides is 1. The van der Waals surface area contributed by atoms with Crippen molar-refractivity contribution in [1.29, 1.82) is 0 Å². The third-order valence-corrected chi connectivity index (χ3v) is 5.85. The lowest BCUT2D eigenvalue weighted by Gasteiger charge is -2.31. The van der Waals surface area contributed by atoms with Crippen LogP contribution in [-0.4, -0.2) is 48.6 Å². The first-order chi connectivity index (χ1) is 16.8. The second-order valence-corrected chi connectivity index (χ2v) is 8.40. The normalized spacial score (nSPS) is 16.2. The van der Waals surface area contributed by atoms with E-state index in [4.69, 9.17) is 18.7 Å². The van der Waals surface area contributed by atoms with Crippen LogP contribution >= 0.6 is 0 Å². The number of benzene rings is 2. The van der Waals surface area contributed by atoms with Gasteiger partial charge in [0.2, 0.25) is 0 Å². The molecule has 0 bridgehead atoms. The maximum absolute atomic E-state index is 13.7. The fourth-order valence-corrected chi connectivity index (χ4v) is 4.04. The summed E-state index contributed by atoms with van der Waals surface area (Å²) in [4.78, 5) is 28.4. The van der Waals surface area contributed by atoms with E-state index >= 15 is 0 Å². The van der Waals surface area contributed by atoms with E-state index in [0.717, 1.165) is 5.56 Å². The van der Waals surface area contributed by atoms with Gasteiger partial charge in [0.05, 0.1) is 18.7 Å². The largest absolute Gasteiger partial charge is 0.503 e. The zero-order chi connectivity index (χ0) is 25.2. The Hall–Kier alpha value is -3.95. The molecule has 1 aliphatic rings. The number of ether oxygens (including phenoxy) is 3. The van der Waals surface area contributed by atoms with E-state index in [0.29, 0.717) is 22.7 Å². The highest BCUT2D eigenvalue weighted by Gasteiger charge is 2.49. The Morgan fingerprint density at radius 2 is 1.83 bits per heavy atom. The van der Waals surface area contributed by atoms with Gasteiger partial charge in [-0.2, -0.15) is 0 Å². The number of ketones is 1. The van der Waals surface area contributed by atoms with E-state index in [1.54, 1.807) is 68.4 Å². The minimum atomic E-state index is -1.37. The number of aliphatic hydroxyl groups excluding tert-OH is 1. The summed E-state index contributed by atoms with van der Waals surface area (Å²) >= 11 is 0. The maximum Gasteiger partial charge on any atom is 0.294 e. The first-order valence-corrected chi connectivity index (χ1v) is 10.9. The van der Waals surface area contributed by atoms with Crippen molar-refractivity contribution in [3.05, 3.63) is 77.8 Å². The number of anilines is 1. The minimum absolute atomic E-state index is 0.0822. The highest BCUT2D eigenvalue weighted by Crippen LogP contribution is 2.45. The highest BCUT2D eigenvalue weighted by molar-refractivity contribution is 6.18. The number of methoxy groups -OCH3 is 2. The predicted molar refractivity (Wildman–Crippen MR) is 127 cm³/mol. The first-order valence-electron chi connectivity index (χ1n) is 10.9. The van der Waals surface area contributed by atoms with Crippen LogP contribution in [0, 0.1) is 0 Å². The molecule has 35 heavy (non-hydrogen) atoms. The molecule has 2 aromatic carbocycles. The van der Waals surface area contributed by atoms with Gasteiger partial charge >= 0.3 is 0 Å². The molecule has 182 valence electrons. The third-order valence-electron chi connectivity index (χ3n) is 5.85. The average molecular weight is 479 g/mol. The smallest absolute Gasteiger partial charge is 0.294 e. The monoisotopic (exact) mass is 478 g/mol. The van der Waals surface area contributed by atoms with Crippen LogP contribution in [0.5, 0.6) is 5.75 Å². The van der Waals surface area contributed by atoms with Gasteiger partial charge in [-0.3, -0.25) is 14.5 Å². The number of Topliss-reactive ketones (excluding diaryl/α,β-unsaturated/α-hetero) is 1. The number of carbonyl (C=O) groups excluding carboxylic acids is 2. The van der Waals surface area contributed by atoms with Gasteiger partial charge in [-0.05, 0) is 32.0 Å². The van der Waals surface area contributed by atoms with E-state index in [1.165, 1.54) is 25.4 Å². The number of hydrogen-bond donors (Lipinski definition) is 1. The molecule has 1 aliphatic heterocycles. The minimum Gasteiger partial charge on any atom is -0.503 e. The molecule has 0 spiro atoms. The summed E-state index contributed by atoms with van der Waals surface area (Å²) in [5, 5.41) is 14.9. The summed E-state index contributed by atoms with van der Waals surface area (Å²) in [6.45, 7) is 2.99. The molecule has 2 heterocycles. The molecule has 0 radical (unpaired) electrons. The lowest BCUT2D eigenvalue weighted by Crippen LogP contribution is -2.39. The summed E-state index contributed by atoms with van der Waals surface area (Å²) in [5.41, 5.74) is 0.986. The zero-order valence-electron chi connectivity index (χ0n) is 19.8. The lowest BCUT2D eigenvalue weighted by atomic mass is 9.88. The SMILES string of the molecule is COCOC(C)(C)C(=O)C1=C(O)C(=O)N(c2ccc(-c3ccon3)cc2)C1c1ccccc1OC. The summed E-state index contributed by atoms with van der Waals surface area (Å²) < 4.78 is 21.0. The van der Waals surface area contributed by atoms with Gasteiger partial charge in [0.25, 0.3) is 5.91 Å². The van der Waals surface area contributed by atoms with Crippen LogP contribution in [0.1, 0.15) is 25.5 Å². The Morgan fingerprint density at radius 3 is 2.46 bits per heavy atom. The average Bonchev–Trinajstić information content (AvgIpc) is 3.49. The number of nitrogens with zero attached hydrogens (tertiary/aromatic N) is 2. The predicted octanol–water partition coefficient (Wildman–Crippen LogP) is 4.22. The van der Waals surface area contributed by atoms with Gasteiger partial charge in [0.1, 0.15) is 30.1 Å². The lowest BCUT2D eigenvalue weighted by molar-refractivity contribution is -0.152. The molecule has 0 fully saturated rings. The topological polar surface area (TPSA) is 111 Å². The maximum atomic E-state index is 13.7. The molecule has 1 aromatic heterocycles. The first kappa shape index (κ1) is 24.2. The van der Waals surface area contributed by atoms with Crippen LogP contribution in [-0.2, 0) is 19.1 Å². The molecule has 0 saturated heterocycles. The van der Waals surface area contributed by atoms with Gasteiger partial charge in [-0.1, -0.05) is 35.5 Å². The van der Waals surface area contributed by atoms with Crippen molar-refractivity contribution < 1.29 is 33.4 Å². The molecule has 3 aromatic rings. The summed E-state index contributed by atoms with van der Waals surface area (Å²) in [7, 11) is 2.95. The Labute approximate surface area is 202 Å². The van der Waals surface area contributed by atoms with E-state index < -0.39 is 29.1 Å². The summed E-state index contributed by atoms with van der Waals surface area (Å²) in [6.07, 6.45) is 1.47. The third kappa shape index (κ3) is 4.43. The van der Waals surface area contributed by atoms with E-state index in [2.05, 4.69) is 5.16 Å². The summed E-state index contributed by atoms with van der Waals surface area (Å²) in [6, 6.07) is 14.8. The standard InChI is InChI=1S/C26H26N2O7/c1-26(2,34-15-32-3)24(30)21-22(18-7-5-6-8-20(18)33-4)28(25(31)23(21)29)17-11-9-16(10-12-17)19-13-14-35-27-19/h5-14,22,29H,15H2,1-4H3.